The summed E-state index contributed by atoms with van der Waals surface area (Å²) < 4.78 is 55.3. The molecule has 1 aliphatic rings. The van der Waals surface area contributed by atoms with Crippen molar-refractivity contribution < 1.29 is 27.1 Å². The Labute approximate surface area is 193 Å². The lowest BCUT2D eigenvalue weighted by Crippen LogP contribution is -2.24. The summed E-state index contributed by atoms with van der Waals surface area (Å²) in [5, 5.41) is 2.86. The molecule has 0 unspecified atom stereocenters. The van der Waals surface area contributed by atoms with Crippen molar-refractivity contribution in [2.24, 2.45) is 0 Å². The number of alkyl halides is 3. The summed E-state index contributed by atoms with van der Waals surface area (Å²) in [5.74, 6) is -0.683. The Kier molecular flexibility index (Phi) is 6.66. The maximum atomic E-state index is 13.4. The number of benzene rings is 2. The number of carbonyl (C=O) groups is 1. The molecule has 1 aliphatic heterocycles. The van der Waals surface area contributed by atoms with Crippen LogP contribution < -0.4 is 15.6 Å². The maximum Gasteiger partial charge on any atom is 0.573 e. The first kappa shape index (κ1) is 23.2. The van der Waals surface area contributed by atoms with Gasteiger partial charge in [-0.2, -0.15) is 0 Å². The number of fused-ring (bicyclic) bond motifs is 1. The highest BCUT2D eigenvalue weighted by molar-refractivity contribution is 8.00. The van der Waals surface area contributed by atoms with Gasteiger partial charge in [0.2, 0.25) is 5.91 Å². The first-order chi connectivity index (χ1) is 15.7. The third-order valence-corrected chi connectivity index (χ3v) is 6.50. The Morgan fingerprint density at radius 3 is 2.52 bits per heavy atom. The van der Waals surface area contributed by atoms with E-state index in [-0.39, 0.29) is 22.2 Å². The minimum atomic E-state index is -4.80. The minimum Gasteiger partial charge on any atom is -0.406 e. The van der Waals surface area contributed by atoms with Gasteiger partial charge in [-0.1, -0.05) is 11.8 Å². The average molecular weight is 497 g/mol. The number of nitrogens with zero attached hydrogens (tertiary/aromatic N) is 2. The van der Waals surface area contributed by atoms with Crippen molar-refractivity contribution in [2.75, 3.05) is 16.8 Å². The van der Waals surface area contributed by atoms with Crippen LogP contribution in [0.1, 0.15) is 5.69 Å². The monoisotopic (exact) mass is 497 g/mol. The Balaban J connectivity index is 1.50. The van der Waals surface area contributed by atoms with E-state index >= 15 is 0 Å². The molecule has 1 N–H and O–H groups in total. The Morgan fingerprint density at radius 2 is 1.85 bits per heavy atom. The van der Waals surface area contributed by atoms with E-state index < -0.39 is 23.8 Å². The van der Waals surface area contributed by atoms with Crippen molar-refractivity contribution in [3.8, 4) is 11.4 Å². The molecule has 0 atom stereocenters. The molecule has 0 saturated carbocycles. The van der Waals surface area contributed by atoms with Crippen molar-refractivity contribution in [2.45, 2.75) is 22.8 Å². The van der Waals surface area contributed by atoms with Gasteiger partial charge in [-0.3, -0.25) is 14.2 Å². The number of aryl methyl sites for hydroxylation is 1. The van der Waals surface area contributed by atoms with Crippen LogP contribution in [0.2, 0.25) is 0 Å². The molecule has 0 saturated heterocycles. The standard InChI is InChI=1S/C21H15F4N3O3S2/c22-12-1-5-14(6-2-12)28-19(30)18-16(9-10-32-18)27-20(28)33-11-17(29)26-13-3-7-15(8-4-13)31-21(23,24)25/h1-8H,9-11H2,(H,26,29). The SMILES string of the molecule is O=C(CSc1nc2c(c(=O)n1-c1ccc(F)cc1)SCC2)Nc1ccc(OC(F)(F)F)cc1. The molecule has 0 spiro atoms. The van der Waals surface area contributed by atoms with E-state index in [1.54, 1.807) is 0 Å². The van der Waals surface area contributed by atoms with Crippen LogP contribution in [0, 0.1) is 5.82 Å². The number of thioether (sulfide) groups is 2. The Bertz CT molecular complexity index is 1230. The second-order valence-corrected chi connectivity index (χ2v) is 8.84. The first-order valence-corrected chi connectivity index (χ1v) is 11.5. The fraction of sp³-hybridized carbons (Fsp3) is 0.190. The minimum absolute atomic E-state index is 0.111. The van der Waals surface area contributed by atoms with E-state index in [1.807, 2.05) is 0 Å². The fourth-order valence-corrected chi connectivity index (χ4v) is 4.93. The number of amides is 1. The molecule has 4 rings (SSSR count). The summed E-state index contributed by atoms with van der Waals surface area (Å²) in [7, 11) is 0. The zero-order valence-corrected chi connectivity index (χ0v) is 18.3. The lowest BCUT2D eigenvalue weighted by Gasteiger charge is -2.14. The highest BCUT2D eigenvalue weighted by Crippen LogP contribution is 2.30. The molecule has 6 nitrogen and oxygen atoms in total. The van der Waals surface area contributed by atoms with Crippen molar-refractivity contribution >= 4 is 35.1 Å². The first-order valence-electron chi connectivity index (χ1n) is 9.53. The second-order valence-electron chi connectivity index (χ2n) is 6.79. The molecular formula is C21H15F4N3O3S2. The summed E-state index contributed by atoms with van der Waals surface area (Å²) in [6.07, 6.45) is -4.17. The Hall–Kier alpha value is -2.99. The largest absolute Gasteiger partial charge is 0.573 e. The van der Waals surface area contributed by atoms with E-state index in [1.165, 1.54) is 52.7 Å². The van der Waals surface area contributed by atoms with Crippen LogP contribution >= 0.6 is 23.5 Å². The average Bonchev–Trinajstić information content (AvgIpc) is 3.23. The Morgan fingerprint density at radius 1 is 1.15 bits per heavy atom. The lowest BCUT2D eigenvalue weighted by atomic mass is 10.3. The second kappa shape index (κ2) is 9.48. The third-order valence-electron chi connectivity index (χ3n) is 4.46. The number of nitrogens with one attached hydrogen (secondary N) is 1. The summed E-state index contributed by atoms with van der Waals surface area (Å²) in [5.41, 5.74) is 1.08. The summed E-state index contributed by atoms with van der Waals surface area (Å²) in [4.78, 5) is 30.5. The van der Waals surface area contributed by atoms with Gasteiger partial charge in [0.25, 0.3) is 5.56 Å². The van der Waals surface area contributed by atoms with E-state index in [0.29, 0.717) is 22.7 Å². The van der Waals surface area contributed by atoms with Crippen molar-refractivity contribution in [1.29, 1.82) is 0 Å². The molecule has 3 aromatic rings. The van der Waals surface area contributed by atoms with Gasteiger partial charge in [0, 0.05) is 17.9 Å². The van der Waals surface area contributed by atoms with Crippen LogP contribution in [-0.4, -0.2) is 33.3 Å². The topological polar surface area (TPSA) is 73.2 Å². The molecule has 0 aliphatic carbocycles. The number of rotatable bonds is 6. The van der Waals surface area contributed by atoms with Crippen LogP contribution in [-0.2, 0) is 11.2 Å². The number of anilines is 1. The van der Waals surface area contributed by atoms with Gasteiger partial charge >= 0.3 is 6.36 Å². The third kappa shape index (κ3) is 5.69. The number of aromatic nitrogens is 2. The van der Waals surface area contributed by atoms with Crippen molar-refractivity contribution in [1.82, 2.24) is 9.55 Å². The maximum absolute atomic E-state index is 13.4. The molecular weight excluding hydrogens is 482 g/mol. The lowest BCUT2D eigenvalue weighted by molar-refractivity contribution is -0.274. The molecule has 1 amide bonds. The van der Waals surface area contributed by atoms with Crippen molar-refractivity contribution in [3.63, 3.8) is 0 Å². The number of halogens is 4. The highest BCUT2D eigenvalue weighted by atomic mass is 32.2. The molecule has 33 heavy (non-hydrogen) atoms. The van der Waals surface area contributed by atoms with Crippen LogP contribution in [0.25, 0.3) is 5.69 Å². The van der Waals surface area contributed by atoms with Gasteiger partial charge in [-0.25, -0.2) is 9.37 Å². The molecule has 12 heteroatoms. The number of hydrogen-bond acceptors (Lipinski definition) is 6. The van der Waals surface area contributed by atoms with Gasteiger partial charge in [0.05, 0.1) is 22.0 Å². The van der Waals surface area contributed by atoms with Crippen LogP contribution in [0.15, 0.2) is 63.4 Å². The van der Waals surface area contributed by atoms with E-state index in [9.17, 15) is 27.2 Å². The zero-order valence-electron chi connectivity index (χ0n) is 16.7. The number of ether oxygens (including phenoxy) is 1. The summed E-state index contributed by atoms with van der Waals surface area (Å²) in [6, 6.07) is 10.1. The van der Waals surface area contributed by atoms with Gasteiger partial charge in [0.1, 0.15) is 11.6 Å². The molecule has 1 aromatic heterocycles. The van der Waals surface area contributed by atoms with E-state index in [4.69, 9.17) is 0 Å². The summed E-state index contributed by atoms with van der Waals surface area (Å²) >= 11 is 2.43. The van der Waals surface area contributed by atoms with Crippen LogP contribution in [0.3, 0.4) is 0 Å². The zero-order chi connectivity index (χ0) is 23.6. The predicted octanol–water partition coefficient (Wildman–Crippen LogP) is 4.65. The van der Waals surface area contributed by atoms with Gasteiger partial charge in [-0.05, 0) is 48.5 Å². The van der Waals surface area contributed by atoms with E-state index in [0.717, 1.165) is 29.6 Å². The van der Waals surface area contributed by atoms with Crippen molar-refractivity contribution in [3.05, 3.63) is 70.4 Å². The molecule has 0 bridgehead atoms. The van der Waals surface area contributed by atoms with Gasteiger partial charge in [-0.15, -0.1) is 24.9 Å². The summed E-state index contributed by atoms with van der Waals surface area (Å²) in [6.45, 7) is 0. The molecule has 0 radical (unpaired) electrons. The molecule has 2 heterocycles. The number of hydrogen-bond donors (Lipinski definition) is 1. The molecule has 172 valence electrons. The van der Waals surface area contributed by atoms with Gasteiger partial charge < -0.3 is 10.1 Å². The predicted molar refractivity (Wildman–Crippen MR) is 117 cm³/mol. The quantitative estimate of drug-likeness (QED) is 0.304. The van der Waals surface area contributed by atoms with Gasteiger partial charge in [0.15, 0.2) is 5.16 Å². The smallest absolute Gasteiger partial charge is 0.406 e. The molecule has 0 fully saturated rings. The normalized spacial score (nSPS) is 13.0. The van der Waals surface area contributed by atoms with E-state index in [2.05, 4.69) is 15.0 Å². The number of carbonyl (C=O) groups excluding carboxylic acids is 1. The van der Waals surface area contributed by atoms with Crippen LogP contribution in [0.4, 0.5) is 23.2 Å². The highest BCUT2D eigenvalue weighted by Gasteiger charge is 2.31. The fourth-order valence-electron chi connectivity index (χ4n) is 3.07. The molecule has 2 aromatic carbocycles. The van der Waals surface area contributed by atoms with Crippen LogP contribution in [0.5, 0.6) is 5.75 Å².